The lowest BCUT2D eigenvalue weighted by Gasteiger charge is -2.00. The van der Waals surface area contributed by atoms with Crippen molar-refractivity contribution in [3.05, 3.63) is 35.3 Å². The van der Waals surface area contributed by atoms with Gasteiger partial charge in [-0.1, -0.05) is 11.6 Å². The molecule has 0 amide bonds. The summed E-state index contributed by atoms with van der Waals surface area (Å²) in [7, 11) is 0. The second-order valence-electron chi connectivity index (χ2n) is 2.70. The van der Waals surface area contributed by atoms with Crippen LogP contribution < -0.4 is 0 Å². The first-order chi connectivity index (χ1) is 6.66. The molecule has 4 nitrogen and oxygen atoms in total. The normalized spacial score (nSPS) is 10.5. The van der Waals surface area contributed by atoms with E-state index in [0.717, 1.165) is 0 Å². The van der Waals surface area contributed by atoms with E-state index >= 15 is 0 Å². The van der Waals surface area contributed by atoms with Crippen LogP contribution in [0.2, 0.25) is 5.02 Å². The molecule has 14 heavy (non-hydrogen) atoms. The quantitative estimate of drug-likeness (QED) is 0.724. The van der Waals surface area contributed by atoms with Gasteiger partial charge in [0.25, 0.3) is 0 Å². The van der Waals surface area contributed by atoms with Crippen molar-refractivity contribution in [1.82, 2.24) is 19.7 Å². The van der Waals surface area contributed by atoms with Crippen molar-refractivity contribution in [1.29, 1.82) is 0 Å². The highest BCUT2D eigenvalue weighted by Gasteiger charge is 2.07. The summed E-state index contributed by atoms with van der Waals surface area (Å²) in [5.74, 6) is 0.124. The van der Waals surface area contributed by atoms with Gasteiger partial charge in [-0.25, -0.2) is 14.4 Å². The maximum Gasteiger partial charge on any atom is 0.191 e. The van der Waals surface area contributed by atoms with Crippen LogP contribution in [0.4, 0.5) is 4.39 Å². The van der Waals surface area contributed by atoms with E-state index in [0.29, 0.717) is 5.82 Å². The molecular formula is C8H6ClFN4. The van der Waals surface area contributed by atoms with Crippen molar-refractivity contribution in [2.24, 2.45) is 0 Å². The Labute approximate surface area is 84.4 Å². The highest BCUT2D eigenvalue weighted by molar-refractivity contribution is 6.30. The number of aryl methyl sites for hydroxylation is 1. The van der Waals surface area contributed by atoms with Crippen molar-refractivity contribution >= 4 is 11.6 Å². The fourth-order valence-corrected chi connectivity index (χ4v) is 1.17. The summed E-state index contributed by atoms with van der Waals surface area (Å²) in [6.07, 6.45) is 2.76. The number of rotatable bonds is 1. The van der Waals surface area contributed by atoms with Gasteiger partial charge in [-0.15, -0.1) is 0 Å². The third kappa shape index (κ3) is 1.58. The molecule has 2 aromatic rings. The number of hydrogen-bond donors (Lipinski definition) is 0. The summed E-state index contributed by atoms with van der Waals surface area (Å²) in [6, 6.07) is 1.18. The molecule has 6 heteroatoms. The van der Waals surface area contributed by atoms with Crippen LogP contribution >= 0.6 is 11.6 Å². The third-order valence-electron chi connectivity index (χ3n) is 1.61. The van der Waals surface area contributed by atoms with Gasteiger partial charge in [-0.3, -0.25) is 0 Å². The summed E-state index contributed by atoms with van der Waals surface area (Å²) in [5.41, 5.74) is 0. The zero-order valence-corrected chi connectivity index (χ0v) is 8.03. The molecule has 2 rings (SSSR count). The zero-order valence-electron chi connectivity index (χ0n) is 7.28. The van der Waals surface area contributed by atoms with Crippen LogP contribution in [0.3, 0.4) is 0 Å². The molecule has 72 valence electrons. The maximum atomic E-state index is 13.3. The van der Waals surface area contributed by atoms with Crippen LogP contribution in [0.15, 0.2) is 18.6 Å². The molecule has 0 atom stereocenters. The minimum Gasteiger partial charge on any atom is -0.233 e. The molecule has 0 aliphatic heterocycles. The van der Waals surface area contributed by atoms with Crippen molar-refractivity contribution in [3.8, 4) is 5.82 Å². The Morgan fingerprint density at radius 2 is 2.21 bits per heavy atom. The standard InChI is InChI=1S/C8H6ClFN4/c1-5-12-4-14(13-5)8-7(10)2-6(9)3-11-8/h2-4H,1H3. The Morgan fingerprint density at radius 3 is 2.79 bits per heavy atom. The first-order valence-corrected chi connectivity index (χ1v) is 4.24. The van der Waals surface area contributed by atoms with Crippen molar-refractivity contribution < 1.29 is 4.39 Å². The highest BCUT2D eigenvalue weighted by Crippen LogP contribution is 2.13. The van der Waals surface area contributed by atoms with Gasteiger partial charge >= 0.3 is 0 Å². The van der Waals surface area contributed by atoms with Crippen molar-refractivity contribution in [2.45, 2.75) is 6.92 Å². The second-order valence-corrected chi connectivity index (χ2v) is 3.13. The van der Waals surface area contributed by atoms with Crippen LogP contribution in [-0.4, -0.2) is 19.7 Å². The van der Waals surface area contributed by atoms with Crippen LogP contribution in [0.1, 0.15) is 5.82 Å². The number of nitrogens with zero attached hydrogens (tertiary/aromatic N) is 4. The summed E-state index contributed by atoms with van der Waals surface area (Å²) in [4.78, 5) is 7.68. The maximum absolute atomic E-state index is 13.3. The molecule has 0 bridgehead atoms. The first-order valence-electron chi connectivity index (χ1n) is 3.86. The predicted molar refractivity (Wildman–Crippen MR) is 48.9 cm³/mol. The number of aromatic nitrogens is 4. The Balaban J connectivity index is 2.52. The fraction of sp³-hybridized carbons (Fsp3) is 0.125. The van der Waals surface area contributed by atoms with Gasteiger partial charge in [0.2, 0.25) is 0 Å². The third-order valence-corrected chi connectivity index (χ3v) is 1.82. The summed E-state index contributed by atoms with van der Waals surface area (Å²) in [5, 5.41) is 4.18. The second kappa shape index (κ2) is 3.34. The van der Waals surface area contributed by atoms with Crippen molar-refractivity contribution in [2.75, 3.05) is 0 Å². The van der Waals surface area contributed by atoms with Crippen LogP contribution in [0.5, 0.6) is 0 Å². The largest absolute Gasteiger partial charge is 0.233 e. The van der Waals surface area contributed by atoms with Crippen LogP contribution in [0, 0.1) is 12.7 Å². The Hall–Kier alpha value is -1.49. The topological polar surface area (TPSA) is 43.6 Å². The van der Waals surface area contributed by atoms with Gasteiger partial charge in [0.1, 0.15) is 12.2 Å². The van der Waals surface area contributed by atoms with E-state index in [1.54, 1.807) is 6.92 Å². The minimum atomic E-state index is -0.526. The highest BCUT2D eigenvalue weighted by atomic mass is 35.5. The molecule has 0 unspecified atom stereocenters. The Morgan fingerprint density at radius 1 is 1.43 bits per heavy atom. The predicted octanol–water partition coefficient (Wildman–Crippen LogP) is 1.76. The van der Waals surface area contributed by atoms with E-state index in [1.807, 2.05) is 0 Å². The molecular weight excluding hydrogens is 207 g/mol. The summed E-state index contributed by atoms with van der Waals surface area (Å²) in [6.45, 7) is 1.71. The van der Waals surface area contributed by atoms with E-state index in [2.05, 4.69) is 15.1 Å². The van der Waals surface area contributed by atoms with Gasteiger partial charge in [-0.05, 0) is 13.0 Å². The first kappa shape index (κ1) is 9.08. The molecule has 0 spiro atoms. The van der Waals surface area contributed by atoms with E-state index in [1.165, 1.54) is 23.3 Å². The lowest BCUT2D eigenvalue weighted by atomic mass is 10.4. The number of hydrogen-bond acceptors (Lipinski definition) is 3. The molecule has 2 aromatic heterocycles. The molecule has 0 saturated heterocycles. The molecule has 0 aliphatic carbocycles. The molecule has 0 aromatic carbocycles. The Bertz CT molecular complexity index is 468. The lowest BCUT2D eigenvalue weighted by Crippen LogP contribution is -2.01. The van der Waals surface area contributed by atoms with Gasteiger partial charge in [0.05, 0.1) is 5.02 Å². The number of pyridine rings is 1. The average molecular weight is 213 g/mol. The molecule has 2 heterocycles. The van der Waals surface area contributed by atoms with Gasteiger partial charge < -0.3 is 0 Å². The van der Waals surface area contributed by atoms with Crippen LogP contribution in [0.25, 0.3) is 5.82 Å². The SMILES string of the molecule is Cc1ncn(-c2ncc(Cl)cc2F)n1. The summed E-state index contributed by atoms with van der Waals surface area (Å²) < 4.78 is 14.6. The molecule has 0 N–H and O–H groups in total. The van der Waals surface area contributed by atoms with Crippen LogP contribution in [-0.2, 0) is 0 Å². The van der Waals surface area contributed by atoms with E-state index in [9.17, 15) is 4.39 Å². The summed E-state index contributed by atoms with van der Waals surface area (Å²) >= 11 is 5.56. The molecule has 0 radical (unpaired) electrons. The monoisotopic (exact) mass is 212 g/mol. The van der Waals surface area contributed by atoms with Gasteiger partial charge in [0, 0.05) is 6.20 Å². The van der Waals surface area contributed by atoms with E-state index in [-0.39, 0.29) is 10.8 Å². The van der Waals surface area contributed by atoms with E-state index < -0.39 is 5.82 Å². The van der Waals surface area contributed by atoms with Gasteiger partial charge in [-0.2, -0.15) is 9.78 Å². The molecule has 0 fully saturated rings. The smallest absolute Gasteiger partial charge is 0.191 e. The fourth-order valence-electron chi connectivity index (χ4n) is 1.02. The number of halogens is 2. The van der Waals surface area contributed by atoms with Gasteiger partial charge in [0.15, 0.2) is 11.6 Å². The molecule has 0 aliphatic rings. The zero-order chi connectivity index (χ0) is 10.1. The average Bonchev–Trinajstić information content (AvgIpc) is 2.51. The van der Waals surface area contributed by atoms with Crippen molar-refractivity contribution in [3.63, 3.8) is 0 Å². The molecule has 0 saturated carbocycles. The minimum absolute atomic E-state index is 0.0926. The van der Waals surface area contributed by atoms with E-state index in [4.69, 9.17) is 11.6 Å². The lowest BCUT2D eigenvalue weighted by molar-refractivity contribution is 0.600. The Kier molecular flexibility index (Phi) is 2.17.